The van der Waals surface area contributed by atoms with E-state index in [4.69, 9.17) is 9.47 Å². The number of fused-ring (bicyclic) bond motifs is 2. The highest BCUT2D eigenvalue weighted by atomic mass is 16.5. The van der Waals surface area contributed by atoms with Gasteiger partial charge in [-0.3, -0.25) is 28.8 Å². The Kier molecular flexibility index (Phi) is 7.25. The molecule has 0 saturated heterocycles. The maximum Gasteiger partial charge on any atom is 0.266 e. The summed E-state index contributed by atoms with van der Waals surface area (Å²) in [6.07, 6.45) is 0. The molecule has 234 valence electrons. The topological polar surface area (TPSA) is 127 Å². The lowest BCUT2D eigenvalue weighted by molar-refractivity contribution is 0.0910. The molecule has 10 heteroatoms. The predicted molar refractivity (Wildman–Crippen MR) is 175 cm³/mol. The molecule has 48 heavy (non-hydrogen) atoms. The van der Waals surface area contributed by atoms with Gasteiger partial charge in [0.1, 0.15) is 23.0 Å². The van der Waals surface area contributed by atoms with Crippen molar-refractivity contribution in [3.05, 3.63) is 143 Å². The third-order valence-electron chi connectivity index (χ3n) is 8.01. The fraction of sp³-hybridized carbons (Fsp3) is 0.0526. The van der Waals surface area contributed by atoms with Crippen LogP contribution in [0.2, 0.25) is 0 Å². The molecule has 2 heterocycles. The van der Waals surface area contributed by atoms with E-state index in [0.29, 0.717) is 45.5 Å². The summed E-state index contributed by atoms with van der Waals surface area (Å²) in [6.45, 7) is 2.82. The van der Waals surface area contributed by atoms with Crippen molar-refractivity contribution in [2.45, 2.75) is 13.8 Å². The van der Waals surface area contributed by atoms with Gasteiger partial charge in [-0.2, -0.15) is 0 Å². The van der Waals surface area contributed by atoms with Crippen molar-refractivity contribution in [2.75, 3.05) is 9.80 Å². The number of rotatable bonds is 8. The predicted octanol–water partition coefficient (Wildman–Crippen LogP) is 7.28. The molecule has 0 N–H and O–H groups in total. The third kappa shape index (κ3) is 5.21. The number of anilines is 2. The van der Waals surface area contributed by atoms with Gasteiger partial charge in [-0.05, 0) is 86.6 Å². The molecular weight excluding hydrogens is 612 g/mol. The first-order chi connectivity index (χ1) is 23.1. The summed E-state index contributed by atoms with van der Waals surface area (Å²) in [5.74, 6) is -1.08. The third-order valence-corrected chi connectivity index (χ3v) is 8.01. The van der Waals surface area contributed by atoms with Crippen molar-refractivity contribution >= 4 is 46.6 Å². The molecule has 0 fully saturated rings. The van der Waals surface area contributed by atoms with Gasteiger partial charge in [0, 0.05) is 17.2 Å². The van der Waals surface area contributed by atoms with Gasteiger partial charge in [-0.25, -0.2) is 9.80 Å². The molecule has 10 nitrogen and oxygen atoms in total. The first-order valence-corrected chi connectivity index (χ1v) is 14.8. The Hall–Kier alpha value is -6.68. The Morgan fingerprint density at radius 3 is 1.23 bits per heavy atom. The minimum Gasteiger partial charge on any atom is -0.457 e. The Balaban J connectivity index is 1.08. The Morgan fingerprint density at radius 1 is 0.438 bits per heavy atom. The molecule has 0 atom stereocenters. The summed E-state index contributed by atoms with van der Waals surface area (Å²) in [5.41, 5.74) is 2.12. The number of imide groups is 2. The lowest BCUT2D eigenvalue weighted by atomic mass is 10.1. The molecule has 0 aliphatic carbocycles. The van der Waals surface area contributed by atoms with Gasteiger partial charge in [-0.15, -0.1) is 0 Å². The average molecular weight is 637 g/mol. The van der Waals surface area contributed by atoms with Crippen LogP contribution in [-0.2, 0) is 0 Å². The molecule has 7 rings (SSSR count). The van der Waals surface area contributed by atoms with Crippen molar-refractivity contribution in [3.63, 3.8) is 0 Å². The number of Topliss-reactive ketones (excluding diaryl/α,β-unsaturated/α-hetero) is 2. The molecule has 0 saturated carbocycles. The summed E-state index contributed by atoms with van der Waals surface area (Å²) < 4.78 is 12.0. The van der Waals surface area contributed by atoms with Crippen LogP contribution in [-0.4, -0.2) is 35.2 Å². The van der Waals surface area contributed by atoms with Gasteiger partial charge < -0.3 is 9.47 Å². The normalized spacial score (nSPS) is 13.5. The van der Waals surface area contributed by atoms with Crippen LogP contribution in [0.1, 0.15) is 76.0 Å². The van der Waals surface area contributed by atoms with Crippen molar-refractivity contribution in [1.82, 2.24) is 0 Å². The summed E-state index contributed by atoms with van der Waals surface area (Å²) in [6, 6.07) is 28.5. The number of nitrogens with zero attached hydrogens (tertiary/aromatic N) is 2. The van der Waals surface area contributed by atoms with Gasteiger partial charge in [0.25, 0.3) is 23.6 Å². The van der Waals surface area contributed by atoms with Crippen LogP contribution in [0, 0.1) is 0 Å². The van der Waals surface area contributed by atoms with Crippen molar-refractivity contribution < 1.29 is 38.2 Å². The maximum absolute atomic E-state index is 13.3. The Labute approximate surface area is 273 Å². The van der Waals surface area contributed by atoms with E-state index < -0.39 is 23.6 Å². The molecular formula is C38H24N2O8. The quantitative estimate of drug-likeness (QED) is 0.128. The highest BCUT2D eigenvalue weighted by Gasteiger charge is 2.38. The van der Waals surface area contributed by atoms with Crippen molar-refractivity contribution in [2.24, 2.45) is 0 Å². The van der Waals surface area contributed by atoms with E-state index in [0.717, 1.165) is 9.80 Å². The van der Waals surface area contributed by atoms with Crippen molar-refractivity contribution in [3.8, 4) is 23.0 Å². The second-order valence-corrected chi connectivity index (χ2v) is 11.2. The molecule has 2 aliphatic rings. The summed E-state index contributed by atoms with van der Waals surface area (Å²) in [7, 11) is 0. The second-order valence-electron chi connectivity index (χ2n) is 11.2. The largest absolute Gasteiger partial charge is 0.457 e. The number of hydrogen-bond acceptors (Lipinski definition) is 8. The van der Waals surface area contributed by atoms with E-state index in [-0.39, 0.29) is 33.8 Å². The SMILES string of the molecule is CC(=O)c1cccc(N2C(=O)c3ccc(Oc4cccc(Oc5ccc6c(c5)C(=O)N(c5cccc(C(C)=O)c5)C6=O)c4)cc3C2=O)c1. The fourth-order valence-corrected chi connectivity index (χ4v) is 5.64. The van der Waals surface area contributed by atoms with E-state index in [9.17, 15) is 28.8 Å². The molecule has 4 amide bonds. The zero-order valence-electron chi connectivity index (χ0n) is 25.6. The van der Waals surface area contributed by atoms with Crippen LogP contribution in [0.5, 0.6) is 23.0 Å². The van der Waals surface area contributed by atoms with Crippen LogP contribution in [0.3, 0.4) is 0 Å². The number of amides is 4. The molecule has 0 bridgehead atoms. The zero-order chi connectivity index (χ0) is 33.7. The van der Waals surface area contributed by atoms with Crippen LogP contribution < -0.4 is 19.3 Å². The zero-order valence-corrected chi connectivity index (χ0v) is 25.6. The highest BCUT2D eigenvalue weighted by molar-refractivity contribution is 6.35. The van der Waals surface area contributed by atoms with Crippen LogP contribution in [0.15, 0.2) is 109 Å². The van der Waals surface area contributed by atoms with Gasteiger partial charge in [0.15, 0.2) is 11.6 Å². The number of benzene rings is 5. The van der Waals surface area contributed by atoms with Crippen LogP contribution >= 0.6 is 0 Å². The minimum absolute atomic E-state index is 0.164. The monoisotopic (exact) mass is 636 g/mol. The standard InChI is InChI=1S/C38H24N2O8/c1-21(41)23-6-3-8-25(16-23)39-35(43)31-14-12-29(19-33(31)37(39)45)47-27-10-5-11-28(18-27)48-30-13-15-32-34(20-30)38(46)40(36(32)44)26-9-4-7-24(17-26)22(2)42/h3-20H,1-2H3. The lowest BCUT2D eigenvalue weighted by Crippen LogP contribution is -2.29. The molecule has 5 aromatic carbocycles. The van der Waals surface area contributed by atoms with Gasteiger partial charge in [0.05, 0.1) is 33.6 Å². The summed E-state index contributed by atoms with van der Waals surface area (Å²) in [4.78, 5) is 78.6. The fourth-order valence-electron chi connectivity index (χ4n) is 5.64. The van der Waals surface area contributed by atoms with E-state index >= 15 is 0 Å². The number of hydrogen-bond donors (Lipinski definition) is 0. The molecule has 0 unspecified atom stereocenters. The molecule has 2 aliphatic heterocycles. The highest BCUT2D eigenvalue weighted by Crippen LogP contribution is 2.36. The first kappa shape index (κ1) is 30.0. The Morgan fingerprint density at radius 2 is 0.812 bits per heavy atom. The number of carbonyl (C=O) groups is 6. The molecule has 0 radical (unpaired) electrons. The summed E-state index contributed by atoms with van der Waals surface area (Å²) >= 11 is 0. The Bertz CT molecular complexity index is 2100. The van der Waals surface area contributed by atoms with Gasteiger partial charge in [-0.1, -0.05) is 30.3 Å². The number of ether oxygens (including phenoxy) is 2. The van der Waals surface area contributed by atoms with E-state index in [1.54, 1.807) is 72.8 Å². The smallest absolute Gasteiger partial charge is 0.266 e. The molecule has 0 spiro atoms. The minimum atomic E-state index is -0.534. The van der Waals surface area contributed by atoms with Gasteiger partial charge in [0.2, 0.25) is 0 Å². The summed E-state index contributed by atoms with van der Waals surface area (Å²) in [5, 5.41) is 0. The van der Waals surface area contributed by atoms with Crippen molar-refractivity contribution in [1.29, 1.82) is 0 Å². The molecule has 5 aromatic rings. The first-order valence-electron chi connectivity index (χ1n) is 14.8. The van der Waals surface area contributed by atoms with E-state index in [1.165, 1.54) is 50.2 Å². The number of carbonyl (C=O) groups excluding carboxylic acids is 6. The van der Waals surface area contributed by atoms with E-state index in [1.807, 2.05) is 0 Å². The lowest BCUT2D eigenvalue weighted by Gasteiger charge is -2.14. The number of ketones is 2. The average Bonchev–Trinajstić information content (AvgIpc) is 3.48. The van der Waals surface area contributed by atoms with Crippen LogP contribution in [0.4, 0.5) is 11.4 Å². The molecule has 0 aromatic heterocycles. The van der Waals surface area contributed by atoms with E-state index in [2.05, 4.69) is 0 Å². The second kappa shape index (κ2) is 11.6. The maximum atomic E-state index is 13.3. The van der Waals surface area contributed by atoms with Gasteiger partial charge >= 0.3 is 0 Å². The van der Waals surface area contributed by atoms with Crippen LogP contribution in [0.25, 0.3) is 0 Å².